The standard InChI is InChI=1S/C23H21N3O5/c1-12-15-9-13(4-6-16(15)24-21(12)28)20(27)11-31-23(30)14-5-7-18-17(10-14)25-22(29)19-3-2-8-26(18)19/h4-7,9-10,12,19H,2-3,8,11H2,1H3,(H,24,28)(H,25,29)/t12-,19+/m1/s1. The van der Waals surface area contributed by atoms with Gasteiger partial charge in [0.25, 0.3) is 0 Å². The molecule has 2 atom stereocenters. The normalized spacial score (nSPS) is 21.0. The summed E-state index contributed by atoms with van der Waals surface area (Å²) in [5.41, 5.74) is 3.57. The molecule has 8 nitrogen and oxygen atoms in total. The number of anilines is 3. The van der Waals surface area contributed by atoms with Gasteiger partial charge in [-0.1, -0.05) is 0 Å². The Labute approximate surface area is 178 Å². The maximum atomic E-state index is 12.5. The number of nitrogens with zero attached hydrogens (tertiary/aromatic N) is 1. The Morgan fingerprint density at radius 3 is 2.65 bits per heavy atom. The van der Waals surface area contributed by atoms with Gasteiger partial charge in [0.15, 0.2) is 12.4 Å². The number of rotatable bonds is 4. The number of ether oxygens (including phenoxy) is 1. The van der Waals surface area contributed by atoms with E-state index in [-0.39, 0.29) is 35.1 Å². The van der Waals surface area contributed by atoms with Crippen LogP contribution in [0, 0.1) is 0 Å². The highest BCUT2D eigenvalue weighted by Crippen LogP contribution is 2.37. The van der Waals surface area contributed by atoms with E-state index >= 15 is 0 Å². The van der Waals surface area contributed by atoms with Gasteiger partial charge in [0, 0.05) is 17.8 Å². The van der Waals surface area contributed by atoms with E-state index in [2.05, 4.69) is 15.5 Å². The number of hydrogen-bond donors (Lipinski definition) is 2. The van der Waals surface area contributed by atoms with Crippen molar-refractivity contribution in [1.29, 1.82) is 0 Å². The summed E-state index contributed by atoms with van der Waals surface area (Å²) in [5, 5.41) is 5.62. The predicted molar refractivity (Wildman–Crippen MR) is 114 cm³/mol. The molecule has 1 fully saturated rings. The van der Waals surface area contributed by atoms with E-state index in [1.54, 1.807) is 43.3 Å². The Morgan fingerprint density at radius 2 is 1.81 bits per heavy atom. The SMILES string of the molecule is C[C@H]1C(=O)Nc2ccc(C(=O)COC(=O)c3ccc4c(c3)NC(=O)[C@@H]3CCCN43)cc21. The van der Waals surface area contributed by atoms with E-state index < -0.39 is 12.6 Å². The average molecular weight is 419 g/mol. The number of fused-ring (bicyclic) bond motifs is 4. The minimum atomic E-state index is -0.639. The van der Waals surface area contributed by atoms with Gasteiger partial charge in [0.1, 0.15) is 6.04 Å². The molecule has 0 radical (unpaired) electrons. The monoisotopic (exact) mass is 419 g/mol. The Morgan fingerprint density at radius 1 is 1.03 bits per heavy atom. The zero-order valence-electron chi connectivity index (χ0n) is 16.9. The number of nitrogens with one attached hydrogen (secondary N) is 2. The zero-order chi connectivity index (χ0) is 21.7. The van der Waals surface area contributed by atoms with E-state index in [1.807, 2.05) is 0 Å². The summed E-state index contributed by atoms with van der Waals surface area (Å²) < 4.78 is 5.22. The van der Waals surface area contributed by atoms with Crippen LogP contribution in [0.15, 0.2) is 36.4 Å². The second-order valence-corrected chi connectivity index (χ2v) is 8.08. The molecule has 0 saturated carbocycles. The molecule has 0 bridgehead atoms. The van der Waals surface area contributed by atoms with Crippen LogP contribution in [-0.2, 0) is 14.3 Å². The van der Waals surface area contributed by atoms with Crippen molar-refractivity contribution >= 4 is 40.6 Å². The third-order valence-electron chi connectivity index (χ3n) is 6.18. The summed E-state index contributed by atoms with van der Waals surface area (Å²) in [4.78, 5) is 51.1. The van der Waals surface area contributed by atoms with Gasteiger partial charge in [-0.2, -0.15) is 0 Å². The third kappa shape index (κ3) is 3.24. The molecule has 2 aromatic rings. The van der Waals surface area contributed by atoms with Gasteiger partial charge in [-0.3, -0.25) is 14.4 Å². The Balaban J connectivity index is 1.27. The van der Waals surface area contributed by atoms with Crippen LogP contribution in [0.5, 0.6) is 0 Å². The lowest BCUT2D eigenvalue weighted by Gasteiger charge is -2.33. The van der Waals surface area contributed by atoms with Crippen molar-refractivity contribution in [2.45, 2.75) is 31.7 Å². The molecule has 3 heterocycles. The molecule has 0 unspecified atom stereocenters. The maximum absolute atomic E-state index is 12.5. The van der Waals surface area contributed by atoms with E-state index in [4.69, 9.17) is 4.74 Å². The average Bonchev–Trinajstić information content (AvgIpc) is 3.37. The lowest BCUT2D eigenvalue weighted by Crippen LogP contribution is -2.43. The van der Waals surface area contributed by atoms with E-state index in [9.17, 15) is 19.2 Å². The minimum Gasteiger partial charge on any atom is -0.454 e. The molecule has 0 aromatic heterocycles. The van der Waals surface area contributed by atoms with Crippen molar-refractivity contribution in [1.82, 2.24) is 0 Å². The molecular weight excluding hydrogens is 398 g/mol. The van der Waals surface area contributed by atoms with Crippen molar-refractivity contribution in [2.75, 3.05) is 28.7 Å². The van der Waals surface area contributed by atoms with Gasteiger partial charge in [-0.05, 0) is 61.7 Å². The van der Waals surface area contributed by atoms with Crippen molar-refractivity contribution in [3.8, 4) is 0 Å². The van der Waals surface area contributed by atoms with Gasteiger partial charge < -0.3 is 20.3 Å². The highest BCUT2D eigenvalue weighted by atomic mass is 16.5. The number of esters is 1. The van der Waals surface area contributed by atoms with Crippen molar-refractivity contribution in [3.05, 3.63) is 53.1 Å². The molecule has 158 valence electrons. The zero-order valence-corrected chi connectivity index (χ0v) is 16.9. The second kappa shape index (κ2) is 7.23. The first-order valence-corrected chi connectivity index (χ1v) is 10.3. The van der Waals surface area contributed by atoms with Gasteiger partial charge in [-0.25, -0.2) is 4.79 Å². The highest BCUT2D eigenvalue weighted by Gasteiger charge is 2.36. The highest BCUT2D eigenvalue weighted by molar-refractivity contribution is 6.07. The van der Waals surface area contributed by atoms with E-state index in [0.29, 0.717) is 16.9 Å². The molecule has 2 N–H and O–H groups in total. The smallest absolute Gasteiger partial charge is 0.338 e. The fourth-order valence-corrected chi connectivity index (χ4v) is 4.45. The summed E-state index contributed by atoms with van der Waals surface area (Å²) in [5.74, 6) is -1.49. The van der Waals surface area contributed by atoms with Crippen LogP contribution in [0.1, 0.15) is 52.0 Å². The van der Waals surface area contributed by atoms with Crippen LogP contribution in [0.2, 0.25) is 0 Å². The largest absolute Gasteiger partial charge is 0.454 e. The Hall–Kier alpha value is -3.68. The quantitative estimate of drug-likeness (QED) is 0.583. The fraction of sp³-hybridized carbons (Fsp3) is 0.304. The summed E-state index contributed by atoms with van der Waals surface area (Å²) >= 11 is 0. The molecular formula is C23H21N3O5. The lowest BCUT2D eigenvalue weighted by atomic mass is 9.99. The number of carbonyl (C=O) groups is 4. The van der Waals surface area contributed by atoms with E-state index in [1.165, 1.54) is 0 Å². The number of amides is 2. The van der Waals surface area contributed by atoms with Gasteiger partial charge in [0.05, 0.1) is 22.9 Å². The second-order valence-electron chi connectivity index (χ2n) is 8.08. The molecule has 31 heavy (non-hydrogen) atoms. The predicted octanol–water partition coefficient (Wildman–Crippen LogP) is 2.70. The van der Waals surface area contributed by atoms with Gasteiger partial charge in [-0.15, -0.1) is 0 Å². The summed E-state index contributed by atoms with van der Waals surface area (Å²) in [6, 6.07) is 9.84. The number of ketones is 1. The number of Topliss-reactive ketones (excluding diaryl/α,β-unsaturated/α-hetero) is 1. The van der Waals surface area contributed by atoms with Crippen molar-refractivity contribution in [3.63, 3.8) is 0 Å². The summed E-state index contributed by atoms with van der Waals surface area (Å²) in [6.07, 6.45) is 1.78. The molecule has 2 amide bonds. The molecule has 8 heteroatoms. The topological polar surface area (TPSA) is 105 Å². The third-order valence-corrected chi connectivity index (χ3v) is 6.18. The maximum Gasteiger partial charge on any atom is 0.338 e. The summed E-state index contributed by atoms with van der Waals surface area (Å²) in [7, 11) is 0. The van der Waals surface area contributed by atoms with Crippen molar-refractivity contribution < 1.29 is 23.9 Å². The van der Waals surface area contributed by atoms with Crippen LogP contribution in [-0.4, -0.2) is 42.8 Å². The molecule has 3 aliphatic rings. The van der Waals surface area contributed by atoms with Crippen LogP contribution in [0.4, 0.5) is 17.1 Å². The molecule has 1 saturated heterocycles. The van der Waals surface area contributed by atoms with Gasteiger partial charge in [0.2, 0.25) is 11.8 Å². The minimum absolute atomic E-state index is 0.0653. The summed E-state index contributed by atoms with van der Waals surface area (Å²) in [6.45, 7) is 2.17. The number of hydrogen-bond acceptors (Lipinski definition) is 6. The molecule has 0 spiro atoms. The van der Waals surface area contributed by atoms with Crippen LogP contribution >= 0.6 is 0 Å². The number of benzene rings is 2. The Kier molecular flexibility index (Phi) is 4.50. The molecule has 0 aliphatic carbocycles. The first-order valence-electron chi connectivity index (χ1n) is 10.3. The first kappa shape index (κ1) is 19.3. The van der Waals surface area contributed by atoms with Gasteiger partial charge >= 0.3 is 5.97 Å². The molecule has 5 rings (SSSR count). The lowest BCUT2D eigenvalue weighted by molar-refractivity contribution is -0.117. The fourth-order valence-electron chi connectivity index (χ4n) is 4.45. The van der Waals surface area contributed by atoms with Crippen molar-refractivity contribution in [2.24, 2.45) is 0 Å². The van der Waals surface area contributed by atoms with Crippen LogP contribution in [0.25, 0.3) is 0 Å². The van der Waals surface area contributed by atoms with Crippen LogP contribution in [0.3, 0.4) is 0 Å². The number of carbonyl (C=O) groups excluding carboxylic acids is 4. The molecule has 2 aromatic carbocycles. The Bertz CT molecular complexity index is 1140. The first-order chi connectivity index (χ1) is 14.9. The molecule has 3 aliphatic heterocycles. The van der Waals surface area contributed by atoms with Crippen LogP contribution < -0.4 is 15.5 Å². The van der Waals surface area contributed by atoms with E-state index in [0.717, 1.165) is 30.6 Å².